The first-order valence-corrected chi connectivity index (χ1v) is 4.64. The third-order valence-electron chi connectivity index (χ3n) is 2.95. The maximum atomic E-state index is 13.4. The molecule has 0 radical (unpaired) electrons. The fourth-order valence-electron chi connectivity index (χ4n) is 1.87. The molecule has 0 atom stereocenters. The molecule has 4 heteroatoms. The normalized spacial score (nSPS) is 17.6. The summed E-state index contributed by atoms with van der Waals surface area (Å²) in [6.45, 7) is 1.27. The highest BCUT2D eigenvalue weighted by molar-refractivity contribution is 5.91. The zero-order valence-corrected chi connectivity index (χ0v) is 8.11. The average Bonchev–Trinajstić information content (AvgIpc) is 2.93. The van der Waals surface area contributed by atoms with Gasteiger partial charge in [0.2, 0.25) is 0 Å². The van der Waals surface area contributed by atoms with Crippen molar-refractivity contribution in [2.24, 2.45) is 0 Å². The van der Waals surface area contributed by atoms with Gasteiger partial charge in [0.05, 0.1) is 5.41 Å². The van der Waals surface area contributed by atoms with Crippen molar-refractivity contribution >= 4 is 5.78 Å². The Labute approximate surface area is 84.9 Å². The minimum Gasteiger partial charge on any atom is -0.299 e. The van der Waals surface area contributed by atoms with E-state index in [-0.39, 0.29) is 5.78 Å². The lowest BCUT2D eigenvalue weighted by Gasteiger charge is -2.13. The van der Waals surface area contributed by atoms with Gasteiger partial charge in [-0.05, 0) is 31.9 Å². The van der Waals surface area contributed by atoms with Crippen LogP contribution < -0.4 is 0 Å². The molecule has 0 spiro atoms. The monoisotopic (exact) mass is 214 g/mol. The molecule has 0 unspecified atom stereocenters. The van der Waals surface area contributed by atoms with Gasteiger partial charge in [-0.25, -0.2) is 13.2 Å². The van der Waals surface area contributed by atoms with Gasteiger partial charge >= 0.3 is 0 Å². The largest absolute Gasteiger partial charge is 0.299 e. The zero-order valence-electron chi connectivity index (χ0n) is 8.11. The van der Waals surface area contributed by atoms with E-state index in [2.05, 4.69) is 0 Å². The van der Waals surface area contributed by atoms with Crippen LogP contribution in [0.2, 0.25) is 0 Å². The molecule has 1 nitrogen and oxygen atoms in total. The number of carbonyl (C=O) groups excluding carboxylic acids is 1. The summed E-state index contributed by atoms with van der Waals surface area (Å²) in [6.07, 6.45) is 0.777. The number of hydrogen-bond donors (Lipinski definition) is 0. The highest BCUT2D eigenvalue weighted by Crippen LogP contribution is 2.50. The van der Waals surface area contributed by atoms with Gasteiger partial charge in [0, 0.05) is 5.56 Å². The van der Waals surface area contributed by atoms with Crippen molar-refractivity contribution in [3.63, 3.8) is 0 Å². The Morgan fingerprint density at radius 1 is 1.20 bits per heavy atom. The van der Waals surface area contributed by atoms with Crippen molar-refractivity contribution in [3.8, 4) is 0 Å². The lowest BCUT2D eigenvalue weighted by Crippen LogP contribution is -2.21. The number of halogens is 3. The van der Waals surface area contributed by atoms with Gasteiger partial charge in [0.25, 0.3) is 0 Å². The Balaban J connectivity index is 2.62. The average molecular weight is 214 g/mol. The Bertz CT molecular complexity index is 436. The number of benzene rings is 1. The summed E-state index contributed by atoms with van der Waals surface area (Å²) in [5.74, 6) is -3.51. The van der Waals surface area contributed by atoms with Crippen LogP contribution in [0.5, 0.6) is 0 Å². The van der Waals surface area contributed by atoms with E-state index >= 15 is 0 Å². The molecule has 0 amide bonds. The van der Waals surface area contributed by atoms with Crippen LogP contribution in [0.25, 0.3) is 0 Å². The number of Topliss-reactive ketones (excluding diaryl/α,β-unsaturated/α-hetero) is 1. The Morgan fingerprint density at radius 3 is 2.20 bits per heavy atom. The second-order valence-electron chi connectivity index (χ2n) is 3.86. The minimum atomic E-state index is -1.23. The van der Waals surface area contributed by atoms with E-state index in [4.69, 9.17) is 0 Å². The van der Waals surface area contributed by atoms with Crippen LogP contribution >= 0.6 is 0 Å². The molecule has 0 saturated heterocycles. The van der Waals surface area contributed by atoms with Gasteiger partial charge in [-0.15, -0.1) is 0 Å². The maximum Gasteiger partial charge on any atom is 0.165 e. The highest BCUT2D eigenvalue weighted by Gasteiger charge is 2.52. The van der Waals surface area contributed by atoms with Gasteiger partial charge in [-0.2, -0.15) is 0 Å². The van der Waals surface area contributed by atoms with Crippen LogP contribution in [0.15, 0.2) is 12.1 Å². The molecule has 0 aliphatic heterocycles. The summed E-state index contributed by atoms with van der Waals surface area (Å²) in [6, 6.07) is 1.58. The molecule has 0 N–H and O–H groups in total. The molecule has 80 valence electrons. The van der Waals surface area contributed by atoms with Crippen LogP contribution in [-0.2, 0) is 10.2 Å². The standard InChI is InChI=1S/C11H9F3O/c1-6(15)11(4-5-11)9-7(12)2-3-8(13)10(9)14/h2-3H,4-5H2,1H3. The predicted molar refractivity (Wildman–Crippen MR) is 47.9 cm³/mol. The van der Waals surface area contributed by atoms with Gasteiger partial charge < -0.3 is 0 Å². The van der Waals surface area contributed by atoms with Crippen molar-refractivity contribution in [3.05, 3.63) is 35.1 Å². The molecular formula is C11H9F3O. The van der Waals surface area contributed by atoms with Crippen molar-refractivity contribution in [2.75, 3.05) is 0 Å². The molecule has 1 aromatic carbocycles. The van der Waals surface area contributed by atoms with E-state index in [1.807, 2.05) is 0 Å². The SMILES string of the molecule is CC(=O)C1(c2c(F)ccc(F)c2F)CC1. The Kier molecular flexibility index (Phi) is 2.10. The maximum absolute atomic E-state index is 13.4. The van der Waals surface area contributed by atoms with Gasteiger partial charge in [0.1, 0.15) is 11.6 Å². The van der Waals surface area contributed by atoms with E-state index in [1.165, 1.54) is 6.92 Å². The van der Waals surface area contributed by atoms with Crippen molar-refractivity contribution in [1.29, 1.82) is 0 Å². The molecular weight excluding hydrogens is 205 g/mol. The van der Waals surface area contributed by atoms with Crippen molar-refractivity contribution in [2.45, 2.75) is 25.2 Å². The smallest absolute Gasteiger partial charge is 0.165 e. The van der Waals surface area contributed by atoms with E-state index in [9.17, 15) is 18.0 Å². The summed E-state index contributed by atoms with van der Waals surface area (Å²) in [7, 11) is 0. The first kappa shape index (κ1) is 10.2. The third-order valence-corrected chi connectivity index (χ3v) is 2.95. The second-order valence-corrected chi connectivity index (χ2v) is 3.86. The first-order chi connectivity index (χ1) is 6.99. The predicted octanol–water partition coefficient (Wildman–Crippen LogP) is 2.72. The Morgan fingerprint density at radius 2 is 1.73 bits per heavy atom. The molecule has 1 aliphatic carbocycles. The molecule has 15 heavy (non-hydrogen) atoms. The van der Waals surface area contributed by atoms with E-state index in [0.717, 1.165) is 12.1 Å². The third kappa shape index (κ3) is 1.35. The molecule has 1 fully saturated rings. The van der Waals surface area contributed by atoms with Crippen LogP contribution in [0.1, 0.15) is 25.3 Å². The molecule has 1 aliphatic rings. The lowest BCUT2D eigenvalue weighted by atomic mass is 9.91. The van der Waals surface area contributed by atoms with Crippen LogP contribution in [0, 0.1) is 17.5 Å². The van der Waals surface area contributed by atoms with E-state index in [1.54, 1.807) is 0 Å². The number of ketones is 1. The summed E-state index contributed by atoms with van der Waals surface area (Å²) >= 11 is 0. The molecule has 1 aromatic rings. The van der Waals surface area contributed by atoms with E-state index in [0.29, 0.717) is 12.8 Å². The molecule has 0 bridgehead atoms. The first-order valence-electron chi connectivity index (χ1n) is 4.64. The summed E-state index contributed by atoms with van der Waals surface area (Å²) in [5.41, 5.74) is -1.52. The Hall–Kier alpha value is -1.32. The fourth-order valence-corrected chi connectivity index (χ4v) is 1.87. The van der Waals surface area contributed by atoms with Crippen molar-refractivity contribution in [1.82, 2.24) is 0 Å². The summed E-state index contributed by atoms with van der Waals surface area (Å²) in [4.78, 5) is 11.3. The fraction of sp³-hybridized carbons (Fsp3) is 0.364. The second kappa shape index (κ2) is 3.08. The summed E-state index contributed by atoms with van der Waals surface area (Å²) in [5, 5.41) is 0. The summed E-state index contributed by atoms with van der Waals surface area (Å²) < 4.78 is 39.7. The topological polar surface area (TPSA) is 17.1 Å². The minimum absolute atomic E-state index is 0.314. The molecule has 1 saturated carbocycles. The van der Waals surface area contributed by atoms with Crippen LogP contribution in [0.3, 0.4) is 0 Å². The van der Waals surface area contributed by atoms with Crippen LogP contribution in [-0.4, -0.2) is 5.78 Å². The quantitative estimate of drug-likeness (QED) is 0.692. The van der Waals surface area contributed by atoms with Crippen molar-refractivity contribution < 1.29 is 18.0 Å². The van der Waals surface area contributed by atoms with Gasteiger partial charge in [0.15, 0.2) is 11.6 Å². The van der Waals surface area contributed by atoms with Crippen LogP contribution in [0.4, 0.5) is 13.2 Å². The molecule has 0 heterocycles. The highest BCUT2D eigenvalue weighted by atomic mass is 19.2. The molecule has 2 rings (SSSR count). The van der Waals surface area contributed by atoms with Gasteiger partial charge in [-0.1, -0.05) is 0 Å². The number of carbonyl (C=O) groups is 1. The van der Waals surface area contributed by atoms with E-state index < -0.39 is 28.4 Å². The lowest BCUT2D eigenvalue weighted by molar-refractivity contribution is -0.119. The molecule has 0 aromatic heterocycles. The number of rotatable bonds is 2. The van der Waals surface area contributed by atoms with Gasteiger partial charge in [-0.3, -0.25) is 4.79 Å². The number of hydrogen-bond acceptors (Lipinski definition) is 1. The zero-order chi connectivity index (χ0) is 11.2.